The minimum absolute atomic E-state index is 0.228. The Balaban J connectivity index is 2.21. The lowest BCUT2D eigenvalue weighted by Gasteiger charge is -2.11. The first kappa shape index (κ1) is 14.6. The molecule has 0 bridgehead atoms. The van der Waals surface area contributed by atoms with Crippen LogP contribution in [-0.4, -0.2) is 12.1 Å². The summed E-state index contributed by atoms with van der Waals surface area (Å²) in [5.41, 5.74) is 9.71. The third-order valence-electron chi connectivity index (χ3n) is 3.61. The van der Waals surface area contributed by atoms with Gasteiger partial charge in [0.25, 0.3) is 0 Å². The summed E-state index contributed by atoms with van der Waals surface area (Å²) >= 11 is 0. The predicted octanol–water partition coefficient (Wildman–Crippen LogP) is 3.88. The van der Waals surface area contributed by atoms with Crippen LogP contribution in [0.4, 0.5) is 5.82 Å². The Bertz CT molecular complexity index is 883. The van der Waals surface area contributed by atoms with Crippen LogP contribution in [-0.2, 0) is 0 Å². The Labute approximate surface area is 134 Å². The number of nitriles is 1. The molecule has 4 heteroatoms. The Hall–Kier alpha value is -3.32. The lowest BCUT2D eigenvalue weighted by molar-refractivity contribution is 0.415. The van der Waals surface area contributed by atoms with Gasteiger partial charge >= 0.3 is 0 Å². The molecule has 1 heterocycles. The van der Waals surface area contributed by atoms with E-state index in [0.717, 1.165) is 22.4 Å². The highest BCUT2D eigenvalue weighted by atomic mass is 16.5. The number of pyridine rings is 1. The molecule has 3 rings (SSSR count). The lowest BCUT2D eigenvalue weighted by Crippen LogP contribution is -1.99. The fraction of sp³-hybridized carbons (Fsp3) is 0.0526. The Morgan fingerprint density at radius 2 is 1.74 bits per heavy atom. The second-order valence-corrected chi connectivity index (χ2v) is 5.03. The van der Waals surface area contributed by atoms with Crippen molar-refractivity contribution >= 4 is 5.82 Å². The van der Waals surface area contributed by atoms with E-state index in [-0.39, 0.29) is 5.82 Å². The quantitative estimate of drug-likeness (QED) is 0.797. The van der Waals surface area contributed by atoms with Crippen molar-refractivity contribution in [2.45, 2.75) is 0 Å². The van der Waals surface area contributed by atoms with Gasteiger partial charge in [0.05, 0.1) is 12.8 Å². The van der Waals surface area contributed by atoms with E-state index in [9.17, 15) is 5.26 Å². The van der Waals surface area contributed by atoms with Gasteiger partial charge in [-0.15, -0.1) is 0 Å². The minimum Gasteiger partial charge on any atom is -0.497 e. The van der Waals surface area contributed by atoms with Gasteiger partial charge in [0.2, 0.25) is 0 Å². The molecule has 0 saturated heterocycles. The number of anilines is 1. The molecule has 0 fully saturated rings. The summed E-state index contributed by atoms with van der Waals surface area (Å²) in [5, 5.41) is 9.41. The number of rotatable bonds is 3. The SMILES string of the molecule is COc1cccc(-c2cc(-c3ccccc3)c(C#N)c(N)n2)c1. The van der Waals surface area contributed by atoms with E-state index in [1.54, 1.807) is 7.11 Å². The van der Waals surface area contributed by atoms with Gasteiger partial charge in [0.15, 0.2) is 0 Å². The Morgan fingerprint density at radius 3 is 2.43 bits per heavy atom. The molecule has 0 aliphatic rings. The summed E-state index contributed by atoms with van der Waals surface area (Å²) in [6.07, 6.45) is 0. The highest BCUT2D eigenvalue weighted by molar-refractivity contribution is 5.80. The van der Waals surface area contributed by atoms with Crippen LogP contribution >= 0.6 is 0 Å². The van der Waals surface area contributed by atoms with Crippen molar-refractivity contribution in [2.75, 3.05) is 12.8 Å². The first-order valence-electron chi connectivity index (χ1n) is 7.13. The topological polar surface area (TPSA) is 71.9 Å². The molecular formula is C19H15N3O. The normalized spacial score (nSPS) is 10.1. The fourth-order valence-electron chi connectivity index (χ4n) is 2.46. The molecule has 1 aromatic heterocycles. The Kier molecular flexibility index (Phi) is 3.94. The maximum Gasteiger partial charge on any atom is 0.142 e. The van der Waals surface area contributed by atoms with E-state index < -0.39 is 0 Å². The summed E-state index contributed by atoms with van der Waals surface area (Å²) in [7, 11) is 1.62. The van der Waals surface area contributed by atoms with Crippen LogP contribution in [0.5, 0.6) is 5.75 Å². The highest BCUT2D eigenvalue weighted by Crippen LogP contribution is 2.31. The zero-order chi connectivity index (χ0) is 16.2. The molecule has 2 aromatic carbocycles. The molecule has 0 aliphatic carbocycles. The number of benzene rings is 2. The molecule has 0 amide bonds. The van der Waals surface area contributed by atoms with E-state index >= 15 is 0 Å². The van der Waals surface area contributed by atoms with Crippen molar-refractivity contribution in [3.63, 3.8) is 0 Å². The average molecular weight is 301 g/mol. The van der Waals surface area contributed by atoms with Crippen molar-refractivity contribution in [2.24, 2.45) is 0 Å². The number of nitrogens with zero attached hydrogens (tertiary/aromatic N) is 2. The van der Waals surface area contributed by atoms with E-state index in [4.69, 9.17) is 10.5 Å². The number of nitrogens with two attached hydrogens (primary N) is 1. The number of ether oxygens (including phenoxy) is 1. The van der Waals surface area contributed by atoms with Crippen molar-refractivity contribution in [1.82, 2.24) is 4.98 Å². The van der Waals surface area contributed by atoms with Crippen LogP contribution in [0, 0.1) is 11.3 Å². The molecule has 0 atom stereocenters. The Morgan fingerprint density at radius 1 is 1.00 bits per heavy atom. The maximum atomic E-state index is 9.41. The third kappa shape index (κ3) is 2.85. The number of hydrogen-bond acceptors (Lipinski definition) is 4. The van der Waals surface area contributed by atoms with Crippen LogP contribution < -0.4 is 10.5 Å². The summed E-state index contributed by atoms with van der Waals surface area (Å²) in [6, 6.07) is 21.3. The van der Waals surface area contributed by atoms with E-state index in [0.29, 0.717) is 11.3 Å². The third-order valence-corrected chi connectivity index (χ3v) is 3.61. The summed E-state index contributed by atoms with van der Waals surface area (Å²) in [4.78, 5) is 4.38. The molecule has 2 N–H and O–H groups in total. The zero-order valence-electron chi connectivity index (χ0n) is 12.7. The zero-order valence-corrected chi connectivity index (χ0v) is 12.7. The smallest absolute Gasteiger partial charge is 0.142 e. The van der Waals surface area contributed by atoms with Crippen molar-refractivity contribution in [3.8, 4) is 34.2 Å². The van der Waals surface area contributed by atoms with E-state index in [2.05, 4.69) is 11.1 Å². The monoisotopic (exact) mass is 301 g/mol. The molecule has 0 saturated carbocycles. The second kappa shape index (κ2) is 6.20. The minimum atomic E-state index is 0.228. The second-order valence-electron chi connectivity index (χ2n) is 5.03. The van der Waals surface area contributed by atoms with Gasteiger partial charge in [-0.05, 0) is 23.8 Å². The summed E-state index contributed by atoms with van der Waals surface area (Å²) in [5.74, 6) is 0.972. The van der Waals surface area contributed by atoms with Crippen molar-refractivity contribution in [3.05, 3.63) is 66.2 Å². The van der Waals surface area contributed by atoms with Gasteiger partial charge in [-0.3, -0.25) is 0 Å². The van der Waals surface area contributed by atoms with Gasteiger partial charge < -0.3 is 10.5 Å². The summed E-state index contributed by atoms with van der Waals surface area (Å²) < 4.78 is 5.25. The van der Waals surface area contributed by atoms with E-state index in [1.807, 2.05) is 60.7 Å². The number of hydrogen-bond donors (Lipinski definition) is 1. The van der Waals surface area contributed by atoms with Crippen LogP contribution in [0.3, 0.4) is 0 Å². The van der Waals surface area contributed by atoms with Gasteiger partial charge in [-0.1, -0.05) is 42.5 Å². The summed E-state index contributed by atoms with van der Waals surface area (Å²) in [6.45, 7) is 0. The molecule has 0 aliphatic heterocycles. The molecule has 0 spiro atoms. The van der Waals surface area contributed by atoms with Gasteiger partial charge in [0, 0.05) is 11.1 Å². The van der Waals surface area contributed by atoms with Crippen LogP contribution in [0.15, 0.2) is 60.7 Å². The molecule has 0 unspecified atom stereocenters. The first-order chi connectivity index (χ1) is 11.2. The standard InChI is InChI=1S/C19H15N3O/c1-23-15-9-5-8-14(10-15)18-11-16(13-6-3-2-4-7-13)17(12-20)19(21)22-18/h2-11H,1H3,(H2,21,22). The van der Waals surface area contributed by atoms with Crippen LogP contribution in [0.1, 0.15) is 5.56 Å². The number of methoxy groups -OCH3 is 1. The molecule has 3 aromatic rings. The molecular weight excluding hydrogens is 286 g/mol. The van der Waals surface area contributed by atoms with Crippen LogP contribution in [0.2, 0.25) is 0 Å². The van der Waals surface area contributed by atoms with Gasteiger partial charge in [-0.25, -0.2) is 4.98 Å². The molecule has 112 valence electrons. The van der Waals surface area contributed by atoms with E-state index in [1.165, 1.54) is 0 Å². The number of aromatic nitrogens is 1. The number of nitrogen functional groups attached to an aromatic ring is 1. The highest BCUT2D eigenvalue weighted by Gasteiger charge is 2.13. The molecule has 23 heavy (non-hydrogen) atoms. The lowest BCUT2D eigenvalue weighted by atomic mass is 9.98. The van der Waals surface area contributed by atoms with Gasteiger partial charge in [-0.2, -0.15) is 5.26 Å². The maximum absolute atomic E-state index is 9.41. The van der Waals surface area contributed by atoms with Crippen molar-refractivity contribution < 1.29 is 4.74 Å². The largest absolute Gasteiger partial charge is 0.497 e. The first-order valence-corrected chi connectivity index (χ1v) is 7.13. The fourth-order valence-corrected chi connectivity index (χ4v) is 2.46. The molecule has 4 nitrogen and oxygen atoms in total. The van der Waals surface area contributed by atoms with Crippen molar-refractivity contribution in [1.29, 1.82) is 5.26 Å². The van der Waals surface area contributed by atoms with Crippen LogP contribution in [0.25, 0.3) is 22.4 Å². The molecule has 0 radical (unpaired) electrons. The van der Waals surface area contributed by atoms with Gasteiger partial charge in [0.1, 0.15) is 23.2 Å². The average Bonchev–Trinajstić information content (AvgIpc) is 2.61. The predicted molar refractivity (Wildman–Crippen MR) is 90.8 cm³/mol.